The van der Waals surface area contributed by atoms with Crippen LogP contribution >= 0.6 is 11.6 Å². The van der Waals surface area contributed by atoms with Gasteiger partial charge in [0.2, 0.25) is 5.24 Å². The van der Waals surface area contributed by atoms with Crippen LogP contribution in [0.3, 0.4) is 0 Å². The molecule has 17 heavy (non-hydrogen) atoms. The van der Waals surface area contributed by atoms with Crippen molar-refractivity contribution < 1.29 is 14.4 Å². The maximum atomic E-state index is 12.0. The van der Waals surface area contributed by atoms with Crippen molar-refractivity contribution in [2.75, 3.05) is 0 Å². The van der Waals surface area contributed by atoms with Crippen molar-refractivity contribution in [3.63, 3.8) is 0 Å². The zero-order valence-corrected chi connectivity index (χ0v) is 9.90. The number of hydrogen-bond donors (Lipinski definition) is 0. The summed E-state index contributed by atoms with van der Waals surface area (Å²) in [4.78, 5) is 35.9. The van der Waals surface area contributed by atoms with Crippen LogP contribution in [0.1, 0.15) is 34.1 Å². The predicted molar refractivity (Wildman–Crippen MR) is 61.9 cm³/mol. The van der Waals surface area contributed by atoms with Crippen LogP contribution in [0.15, 0.2) is 24.3 Å². The number of nitrogens with zero attached hydrogens (tertiary/aromatic N) is 1. The number of halogens is 1. The van der Waals surface area contributed by atoms with Gasteiger partial charge in [-0.1, -0.05) is 12.1 Å². The van der Waals surface area contributed by atoms with E-state index in [1.807, 2.05) is 0 Å². The SMILES string of the molecule is C[C@H](CC(=O)Cl)N1C(=O)c2ccccc2C1=O. The van der Waals surface area contributed by atoms with Gasteiger partial charge in [0, 0.05) is 12.5 Å². The lowest BCUT2D eigenvalue weighted by atomic mass is 10.1. The van der Waals surface area contributed by atoms with Crippen LogP contribution in [0.2, 0.25) is 0 Å². The first-order valence-electron chi connectivity index (χ1n) is 5.17. The summed E-state index contributed by atoms with van der Waals surface area (Å²) < 4.78 is 0. The Bertz CT molecular complexity index is 477. The van der Waals surface area contributed by atoms with E-state index in [-0.39, 0.29) is 18.2 Å². The second-order valence-corrected chi connectivity index (χ2v) is 4.36. The third kappa shape index (κ3) is 1.96. The number of rotatable bonds is 3. The second-order valence-electron chi connectivity index (χ2n) is 3.93. The molecule has 2 amide bonds. The lowest BCUT2D eigenvalue weighted by Crippen LogP contribution is -2.38. The quantitative estimate of drug-likeness (QED) is 0.608. The van der Waals surface area contributed by atoms with Crippen molar-refractivity contribution in [1.82, 2.24) is 4.90 Å². The molecular formula is C12H10ClNO3. The number of fused-ring (bicyclic) bond motifs is 1. The molecule has 1 aromatic rings. The van der Waals surface area contributed by atoms with Crippen molar-refractivity contribution >= 4 is 28.7 Å². The van der Waals surface area contributed by atoms with E-state index in [0.717, 1.165) is 4.90 Å². The molecule has 1 aromatic carbocycles. The maximum Gasteiger partial charge on any atom is 0.261 e. The van der Waals surface area contributed by atoms with Gasteiger partial charge < -0.3 is 0 Å². The van der Waals surface area contributed by atoms with Gasteiger partial charge in [0.05, 0.1) is 11.1 Å². The Hall–Kier alpha value is -1.68. The molecule has 1 aliphatic rings. The molecule has 1 atom stereocenters. The van der Waals surface area contributed by atoms with Crippen LogP contribution in [0.5, 0.6) is 0 Å². The topological polar surface area (TPSA) is 54.5 Å². The lowest BCUT2D eigenvalue weighted by molar-refractivity contribution is -0.112. The van der Waals surface area contributed by atoms with Crippen molar-refractivity contribution in [1.29, 1.82) is 0 Å². The smallest absolute Gasteiger partial charge is 0.261 e. The minimum absolute atomic E-state index is 0.0347. The Balaban J connectivity index is 2.33. The van der Waals surface area contributed by atoms with Gasteiger partial charge in [0.25, 0.3) is 11.8 Å². The fourth-order valence-electron chi connectivity index (χ4n) is 1.93. The summed E-state index contributed by atoms with van der Waals surface area (Å²) in [5.74, 6) is -0.730. The molecule has 0 unspecified atom stereocenters. The van der Waals surface area contributed by atoms with Gasteiger partial charge >= 0.3 is 0 Å². The molecule has 0 fully saturated rings. The molecule has 0 spiro atoms. The van der Waals surface area contributed by atoms with E-state index in [9.17, 15) is 14.4 Å². The van der Waals surface area contributed by atoms with Gasteiger partial charge in [-0.25, -0.2) is 0 Å². The highest BCUT2D eigenvalue weighted by Crippen LogP contribution is 2.25. The van der Waals surface area contributed by atoms with Crippen LogP contribution in [0, 0.1) is 0 Å². The van der Waals surface area contributed by atoms with Crippen LogP contribution in [0.25, 0.3) is 0 Å². The molecule has 1 aliphatic heterocycles. The summed E-state index contributed by atoms with van der Waals surface area (Å²) in [6.45, 7) is 1.63. The summed E-state index contributed by atoms with van der Waals surface area (Å²) >= 11 is 5.27. The summed E-state index contributed by atoms with van der Waals surface area (Å²) in [5, 5.41) is -0.561. The number of carbonyl (C=O) groups excluding carboxylic acids is 3. The van der Waals surface area contributed by atoms with Gasteiger partial charge in [0.15, 0.2) is 0 Å². The second kappa shape index (κ2) is 4.30. The minimum Gasteiger partial charge on any atom is -0.281 e. The zero-order chi connectivity index (χ0) is 12.6. The lowest BCUT2D eigenvalue weighted by Gasteiger charge is -2.20. The predicted octanol–water partition coefficient (Wildman–Crippen LogP) is 1.83. The van der Waals surface area contributed by atoms with E-state index in [1.54, 1.807) is 31.2 Å². The number of hydrogen-bond acceptors (Lipinski definition) is 3. The number of benzene rings is 1. The van der Waals surface area contributed by atoms with Crippen molar-refractivity contribution in [2.45, 2.75) is 19.4 Å². The molecule has 2 rings (SSSR count). The Morgan fingerprint density at radius 3 is 2.12 bits per heavy atom. The van der Waals surface area contributed by atoms with E-state index >= 15 is 0 Å². The molecule has 0 saturated heterocycles. The van der Waals surface area contributed by atoms with Crippen LogP contribution < -0.4 is 0 Å². The van der Waals surface area contributed by atoms with Crippen molar-refractivity contribution in [3.8, 4) is 0 Å². The number of amides is 2. The molecule has 0 aliphatic carbocycles. The summed E-state index contributed by atoms with van der Waals surface area (Å²) in [6.07, 6.45) is -0.0347. The van der Waals surface area contributed by atoms with E-state index in [2.05, 4.69) is 0 Å². The number of carbonyl (C=O) groups is 3. The highest BCUT2D eigenvalue weighted by Gasteiger charge is 2.38. The molecule has 0 bridgehead atoms. The van der Waals surface area contributed by atoms with E-state index in [4.69, 9.17) is 11.6 Å². The molecule has 1 heterocycles. The molecular weight excluding hydrogens is 242 g/mol. The van der Waals surface area contributed by atoms with Gasteiger partial charge in [0.1, 0.15) is 0 Å². The standard InChI is InChI=1S/C12H10ClNO3/c1-7(6-10(13)15)14-11(16)8-4-2-3-5-9(8)12(14)17/h2-5,7H,6H2,1H3/t7-/m1/s1. The van der Waals surface area contributed by atoms with E-state index in [1.165, 1.54) is 0 Å². The Labute approximate surface area is 103 Å². The zero-order valence-electron chi connectivity index (χ0n) is 9.14. The fraction of sp³-hybridized carbons (Fsp3) is 0.250. The third-order valence-corrected chi connectivity index (χ3v) is 2.88. The first-order valence-corrected chi connectivity index (χ1v) is 5.55. The normalized spacial score (nSPS) is 16.0. The van der Waals surface area contributed by atoms with E-state index < -0.39 is 11.3 Å². The number of imide groups is 1. The molecule has 5 heteroatoms. The van der Waals surface area contributed by atoms with Crippen LogP contribution in [0.4, 0.5) is 0 Å². The van der Waals surface area contributed by atoms with Crippen LogP contribution in [-0.2, 0) is 4.79 Å². The van der Waals surface area contributed by atoms with Gasteiger partial charge in [-0.2, -0.15) is 0 Å². The molecule has 0 N–H and O–H groups in total. The Kier molecular flexibility index (Phi) is 2.98. The van der Waals surface area contributed by atoms with Gasteiger partial charge in [-0.15, -0.1) is 0 Å². The maximum absolute atomic E-state index is 12.0. The Morgan fingerprint density at radius 2 is 1.71 bits per heavy atom. The average molecular weight is 252 g/mol. The van der Waals surface area contributed by atoms with Gasteiger partial charge in [-0.05, 0) is 30.7 Å². The highest BCUT2D eigenvalue weighted by molar-refractivity contribution is 6.63. The fourth-order valence-corrected chi connectivity index (χ4v) is 2.16. The van der Waals surface area contributed by atoms with Crippen molar-refractivity contribution in [3.05, 3.63) is 35.4 Å². The summed E-state index contributed by atoms with van der Waals surface area (Å²) in [5.41, 5.74) is 0.762. The highest BCUT2D eigenvalue weighted by atomic mass is 35.5. The monoisotopic (exact) mass is 251 g/mol. The molecule has 88 valence electrons. The Morgan fingerprint density at radius 1 is 1.24 bits per heavy atom. The molecule has 0 saturated carbocycles. The third-order valence-electron chi connectivity index (χ3n) is 2.72. The first kappa shape index (κ1) is 11.8. The van der Waals surface area contributed by atoms with Crippen molar-refractivity contribution in [2.24, 2.45) is 0 Å². The molecule has 4 nitrogen and oxygen atoms in total. The average Bonchev–Trinajstić information content (AvgIpc) is 2.51. The molecule has 0 aromatic heterocycles. The summed E-state index contributed by atoms with van der Waals surface area (Å²) in [7, 11) is 0. The minimum atomic E-state index is -0.561. The molecule has 0 radical (unpaired) electrons. The first-order chi connectivity index (χ1) is 8.02. The largest absolute Gasteiger partial charge is 0.281 e. The summed E-state index contributed by atoms with van der Waals surface area (Å²) in [6, 6.07) is 6.08. The van der Waals surface area contributed by atoms with Gasteiger partial charge in [-0.3, -0.25) is 19.3 Å². The van der Waals surface area contributed by atoms with Crippen LogP contribution in [-0.4, -0.2) is 28.0 Å². The van der Waals surface area contributed by atoms with E-state index in [0.29, 0.717) is 11.1 Å².